The SMILES string of the molecule is Cc1nc2c(c(=O)[nH]1)CCN(C(=O)C1CC(=O)OC13CCCC3)C2. The van der Waals surface area contributed by atoms with Crippen molar-refractivity contribution < 1.29 is 14.3 Å². The van der Waals surface area contributed by atoms with E-state index < -0.39 is 11.5 Å². The zero-order valence-corrected chi connectivity index (χ0v) is 13.8. The molecule has 1 N–H and O–H groups in total. The lowest BCUT2D eigenvalue weighted by molar-refractivity contribution is -0.152. The van der Waals surface area contributed by atoms with Crippen molar-refractivity contribution in [3.05, 3.63) is 27.4 Å². The van der Waals surface area contributed by atoms with Gasteiger partial charge >= 0.3 is 5.97 Å². The Morgan fingerprint density at radius 2 is 2.08 bits per heavy atom. The van der Waals surface area contributed by atoms with E-state index in [0.29, 0.717) is 36.6 Å². The van der Waals surface area contributed by atoms with E-state index in [1.165, 1.54) is 0 Å². The van der Waals surface area contributed by atoms with Crippen molar-refractivity contribution in [3.63, 3.8) is 0 Å². The normalized spacial score (nSPS) is 25.0. The molecule has 1 atom stereocenters. The lowest BCUT2D eigenvalue weighted by Gasteiger charge is -2.34. The molecule has 1 aliphatic carbocycles. The van der Waals surface area contributed by atoms with Crippen LogP contribution in [0.15, 0.2) is 4.79 Å². The number of hydrogen-bond donors (Lipinski definition) is 1. The van der Waals surface area contributed by atoms with Crippen LogP contribution in [-0.4, -0.2) is 38.9 Å². The molecule has 24 heavy (non-hydrogen) atoms. The summed E-state index contributed by atoms with van der Waals surface area (Å²) < 4.78 is 5.59. The number of aryl methyl sites for hydroxylation is 1. The number of hydrogen-bond acceptors (Lipinski definition) is 5. The molecule has 7 nitrogen and oxygen atoms in total. The Balaban J connectivity index is 1.59. The topological polar surface area (TPSA) is 92.4 Å². The molecule has 1 saturated carbocycles. The predicted octanol–water partition coefficient (Wildman–Crippen LogP) is 0.839. The minimum absolute atomic E-state index is 0.0341. The summed E-state index contributed by atoms with van der Waals surface area (Å²) in [5, 5.41) is 0. The molecule has 1 amide bonds. The van der Waals surface area contributed by atoms with Gasteiger partial charge in [-0.05, 0) is 39.0 Å². The summed E-state index contributed by atoms with van der Waals surface area (Å²) in [5.74, 6) is -0.136. The van der Waals surface area contributed by atoms with Gasteiger partial charge in [0.1, 0.15) is 11.4 Å². The lowest BCUT2D eigenvalue weighted by Crippen LogP contribution is -2.47. The summed E-state index contributed by atoms with van der Waals surface area (Å²) in [7, 11) is 0. The summed E-state index contributed by atoms with van der Waals surface area (Å²) in [6.07, 6.45) is 4.21. The molecule has 1 saturated heterocycles. The van der Waals surface area contributed by atoms with Crippen LogP contribution in [0, 0.1) is 12.8 Å². The van der Waals surface area contributed by atoms with Gasteiger partial charge in [0.15, 0.2) is 0 Å². The van der Waals surface area contributed by atoms with E-state index in [0.717, 1.165) is 25.7 Å². The Hall–Kier alpha value is -2.18. The number of nitrogens with one attached hydrogen (secondary N) is 1. The molecule has 2 aliphatic heterocycles. The molecule has 0 aromatic carbocycles. The van der Waals surface area contributed by atoms with Gasteiger partial charge in [-0.25, -0.2) is 4.98 Å². The highest BCUT2D eigenvalue weighted by atomic mass is 16.6. The van der Waals surface area contributed by atoms with Crippen LogP contribution in [0.5, 0.6) is 0 Å². The van der Waals surface area contributed by atoms with Crippen molar-refractivity contribution in [3.8, 4) is 0 Å². The molecule has 7 heteroatoms. The molecule has 1 unspecified atom stereocenters. The first kappa shape index (κ1) is 15.4. The van der Waals surface area contributed by atoms with Crippen LogP contribution in [-0.2, 0) is 27.3 Å². The van der Waals surface area contributed by atoms with Crippen LogP contribution in [0.25, 0.3) is 0 Å². The number of H-pyrrole nitrogens is 1. The molecule has 0 bridgehead atoms. The van der Waals surface area contributed by atoms with Gasteiger partial charge in [0, 0.05) is 12.1 Å². The Labute approximate surface area is 139 Å². The van der Waals surface area contributed by atoms with E-state index in [1.807, 2.05) is 0 Å². The van der Waals surface area contributed by atoms with E-state index in [2.05, 4.69) is 9.97 Å². The summed E-state index contributed by atoms with van der Waals surface area (Å²) in [6.45, 7) is 2.56. The molecule has 2 fully saturated rings. The summed E-state index contributed by atoms with van der Waals surface area (Å²) in [6, 6.07) is 0. The molecule has 3 heterocycles. The Bertz CT molecular complexity index is 764. The largest absolute Gasteiger partial charge is 0.458 e. The number of amides is 1. The summed E-state index contributed by atoms with van der Waals surface area (Å²) in [5.41, 5.74) is 0.628. The molecule has 4 rings (SSSR count). The zero-order chi connectivity index (χ0) is 16.9. The number of rotatable bonds is 1. The van der Waals surface area contributed by atoms with E-state index in [4.69, 9.17) is 4.74 Å². The highest BCUT2D eigenvalue weighted by molar-refractivity contribution is 5.88. The maximum absolute atomic E-state index is 13.1. The number of esters is 1. The average Bonchev–Trinajstić information content (AvgIpc) is 3.13. The summed E-state index contributed by atoms with van der Waals surface area (Å²) >= 11 is 0. The van der Waals surface area contributed by atoms with Crippen molar-refractivity contribution in [1.82, 2.24) is 14.9 Å². The first-order valence-corrected chi connectivity index (χ1v) is 8.58. The molecule has 128 valence electrons. The van der Waals surface area contributed by atoms with Crippen molar-refractivity contribution in [2.45, 2.75) is 57.6 Å². The van der Waals surface area contributed by atoms with Crippen molar-refractivity contribution >= 4 is 11.9 Å². The second kappa shape index (κ2) is 5.43. The average molecular weight is 331 g/mol. The Morgan fingerprint density at radius 3 is 2.83 bits per heavy atom. The number of aromatic nitrogens is 2. The minimum atomic E-state index is -0.591. The Kier molecular flexibility index (Phi) is 3.47. The van der Waals surface area contributed by atoms with E-state index in [-0.39, 0.29) is 23.9 Å². The van der Waals surface area contributed by atoms with E-state index in [1.54, 1.807) is 11.8 Å². The fourth-order valence-corrected chi connectivity index (χ4v) is 4.40. The fourth-order valence-electron chi connectivity index (χ4n) is 4.40. The smallest absolute Gasteiger partial charge is 0.307 e. The highest BCUT2D eigenvalue weighted by Gasteiger charge is 2.55. The number of nitrogens with zero attached hydrogens (tertiary/aromatic N) is 2. The fraction of sp³-hybridized carbons (Fsp3) is 0.647. The van der Waals surface area contributed by atoms with Crippen molar-refractivity contribution in [2.75, 3.05) is 6.54 Å². The van der Waals surface area contributed by atoms with E-state index >= 15 is 0 Å². The molecule has 3 aliphatic rings. The van der Waals surface area contributed by atoms with Gasteiger partial charge in [0.2, 0.25) is 5.91 Å². The molecule has 1 spiro atoms. The molecular weight excluding hydrogens is 310 g/mol. The van der Waals surface area contributed by atoms with Gasteiger partial charge in [-0.3, -0.25) is 14.4 Å². The van der Waals surface area contributed by atoms with Crippen molar-refractivity contribution in [1.29, 1.82) is 0 Å². The number of fused-ring (bicyclic) bond motifs is 1. The monoisotopic (exact) mass is 331 g/mol. The quantitative estimate of drug-likeness (QED) is 0.770. The standard InChI is InChI=1S/C17H21N3O4/c1-10-18-13-9-20(7-4-11(13)15(22)19-10)16(23)12-8-14(21)24-17(12)5-2-3-6-17/h12H,2-9H2,1H3,(H,18,19,22). The number of carbonyl (C=O) groups excluding carboxylic acids is 2. The third kappa shape index (κ3) is 2.34. The van der Waals surface area contributed by atoms with Gasteiger partial charge in [0.25, 0.3) is 5.56 Å². The third-order valence-electron chi connectivity index (χ3n) is 5.57. The molecule has 1 aromatic rings. The van der Waals surface area contributed by atoms with Gasteiger partial charge in [-0.2, -0.15) is 0 Å². The number of aromatic amines is 1. The maximum atomic E-state index is 13.1. The third-order valence-corrected chi connectivity index (χ3v) is 5.57. The van der Waals surface area contributed by atoms with Gasteiger partial charge in [-0.15, -0.1) is 0 Å². The van der Waals surface area contributed by atoms with Crippen LogP contribution in [0.4, 0.5) is 0 Å². The second-order valence-corrected chi connectivity index (χ2v) is 7.09. The zero-order valence-electron chi connectivity index (χ0n) is 13.8. The van der Waals surface area contributed by atoms with Gasteiger partial charge < -0.3 is 14.6 Å². The first-order chi connectivity index (χ1) is 11.5. The Morgan fingerprint density at radius 1 is 1.33 bits per heavy atom. The molecular formula is C17H21N3O4. The van der Waals surface area contributed by atoms with Crippen LogP contribution >= 0.6 is 0 Å². The van der Waals surface area contributed by atoms with Gasteiger partial charge in [-0.1, -0.05) is 0 Å². The maximum Gasteiger partial charge on any atom is 0.307 e. The van der Waals surface area contributed by atoms with E-state index in [9.17, 15) is 14.4 Å². The number of ether oxygens (including phenoxy) is 1. The van der Waals surface area contributed by atoms with Crippen LogP contribution in [0.2, 0.25) is 0 Å². The molecule has 0 radical (unpaired) electrons. The first-order valence-electron chi connectivity index (χ1n) is 8.58. The van der Waals surface area contributed by atoms with Crippen LogP contribution in [0.1, 0.15) is 49.2 Å². The summed E-state index contributed by atoms with van der Waals surface area (Å²) in [4.78, 5) is 45.7. The van der Waals surface area contributed by atoms with Crippen LogP contribution in [0.3, 0.4) is 0 Å². The number of carbonyl (C=O) groups is 2. The molecule has 1 aromatic heterocycles. The van der Waals surface area contributed by atoms with Crippen molar-refractivity contribution in [2.24, 2.45) is 5.92 Å². The minimum Gasteiger partial charge on any atom is -0.458 e. The van der Waals surface area contributed by atoms with Crippen LogP contribution < -0.4 is 5.56 Å². The lowest BCUT2D eigenvalue weighted by atomic mass is 9.84. The van der Waals surface area contributed by atoms with Gasteiger partial charge in [0.05, 0.1) is 24.6 Å². The highest BCUT2D eigenvalue weighted by Crippen LogP contribution is 2.46. The second-order valence-electron chi connectivity index (χ2n) is 7.09. The predicted molar refractivity (Wildman–Crippen MR) is 84.1 cm³/mol.